The van der Waals surface area contributed by atoms with Gasteiger partial charge in [-0.2, -0.15) is 0 Å². The van der Waals surface area contributed by atoms with Gasteiger partial charge in [0.15, 0.2) is 5.78 Å². The molecule has 1 aromatic heterocycles. The highest BCUT2D eigenvalue weighted by molar-refractivity contribution is 6.02. The zero-order valence-corrected chi connectivity index (χ0v) is 19.1. The molecule has 1 fully saturated rings. The van der Waals surface area contributed by atoms with E-state index in [1.165, 1.54) is 18.2 Å². The standard InChI is InChI=1S/C24H25N3O8/c1-12-6-7-16(35-12)23(24(2)10-34-11-24)27-19-18(21(32)22(19)33)26-14-5-3-4-13(20(14)31)15(28)8-25-9-17(29)30/h3-7,23,25-27,31H,8-11H2,1-2H3,(H,29,30)/t23-/m0/s1. The first-order valence-corrected chi connectivity index (χ1v) is 10.9. The van der Waals surface area contributed by atoms with Crippen LogP contribution in [0.1, 0.15) is 34.8 Å². The highest BCUT2D eigenvalue weighted by atomic mass is 16.5. The lowest BCUT2D eigenvalue weighted by atomic mass is 9.79. The molecule has 2 aromatic carbocycles. The summed E-state index contributed by atoms with van der Waals surface area (Å²) in [5.41, 5.74) is -1.88. The first kappa shape index (κ1) is 24.2. The molecule has 1 atom stereocenters. The molecule has 35 heavy (non-hydrogen) atoms. The number of carboxylic acids is 1. The number of carboxylic acid groups (broad SMARTS) is 1. The molecule has 0 spiro atoms. The molecule has 1 aliphatic heterocycles. The van der Waals surface area contributed by atoms with Gasteiger partial charge in [0, 0.05) is 5.41 Å². The Bertz CT molecular complexity index is 1350. The van der Waals surface area contributed by atoms with Crippen LogP contribution in [0.3, 0.4) is 0 Å². The Morgan fingerprint density at radius 2 is 1.80 bits per heavy atom. The highest BCUT2D eigenvalue weighted by Gasteiger charge is 2.45. The Morgan fingerprint density at radius 1 is 1.09 bits per heavy atom. The summed E-state index contributed by atoms with van der Waals surface area (Å²) in [5.74, 6) is -0.796. The summed E-state index contributed by atoms with van der Waals surface area (Å²) in [7, 11) is 0. The lowest BCUT2D eigenvalue weighted by molar-refractivity contribution is -0.135. The number of aromatic hydroxyl groups is 1. The molecule has 3 aromatic rings. The maximum Gasteiger partial charge on any atom is 0.317 e. The molecule has 1 aliphatic rings. The van der Waals surface area contributed by atoms with E-state index >= 15 is 0 Å². The van der Waals surface area contributed by atoms with Crippen LogP contribution in [0.15, 0.2) is 44.3 Å². The smallest absolute Gasteiger partial charge is 0.317 e. The van der Waals surface area contributed by atoms with Gasteiger partial charge in [0.05, 0.1) is 43.6 Å². The van der Waals surface area contributed by atoms with Crippen LogP contribution in [-0.2, 0) is 9.53 Å². The van der Waals surface area contributed by atoms with Gasteiger partial charge < -0.3 is 30.0 Å². The van der Waals surface area contributed by atoms with E-state index in [0.29, 0.717) is 24.7 Å². The number of para-hydroxylation sites is 1. The topological polar surface area (TPSA) is 167 Å². The van der Waals surface area contributed by atoms with Crippen LogP contribution in [0, 0.1) is 12.3 Å². The van der Waals surface area contributed by atoms with Crippen molar-refractivity contribution >= 4 is 28.8 Å². The normalized spacial score (nSPS) is 15.4. The number of Topliss-reactive ketones (excluding diaryl/α,β-unsaturated/α-hetero) is 1. The summed E-state index contributed by atoms with van der Waals surface area (Å²) in [4.78, 5) is 47.9. The van der Waals surface area contributed by atoms with Crippen LogP contribution >= 0.6 is 0 Å². The van der Waals surface area contributed by atoms with Gasteiger partial charge in [0.25, 0.3) is 10.9 Å². The number of ether oxygens (including phenoxy) is 1. The summed E-state index contributed by atoms with van der Waals surface area (Å²) in [6, 6.07) is 7.47. The Morgan fingerprint density at radius 3 is 2.40 bits per heavy atom. The number of hydrogen-bond acceptors (Lipinski definition) is 10. The van der Waals surface area contributed by atoms with Gasteiger partial charge in [0.2, 0.25) is 0 Å². The van der Waals surface area contributed by atoms with Crippen molar-refractivity contribution in [2.24, 2.45) is 5.41 Å². The van der Waals surface area contributed by atoms with E-state index in [4.69, 9.17) is 14.3 Å². The van der Waals surface area contributed by atoms with Gasteiger partial charge in [-0.15, -0.1) is 0 Å². The highest BCUT2D eigenvalue weighted by Crippen LogP contribution is 2.43. The van der Waals surface area contributed by atoms with Crippen LogP contribution in [-0.4, -0.2) is 48.3 Å². The van der Waals surface area contributed by atoms with Gasteiger partial charge in [0.1, 0.15) is 28.6 Å². The van der Waals surface area contributed by atoms with Gasteiger partial charge >= 0.3 is 5.97 Å². The van der Waals surface area contributed by atoms with Crippen molar-refractivity contribution in [2.45, 2.75) is 19.9 Å². The zero-order valence-electron chi connectivity index (χ0n) is 19.1. The SMILES string of the molecule is Cc1ccc([C@H](Nc2c(Nc3cccc(C(=O)CNCC(=O)O)c3O)c(=O)c2=O)C2(C)COC2)o1. The minimum atomic E-state index is -1.12. The van der Waals surface area contributed by atoms with Crippen molar-refractivity contribution in [3.05, 3.63) is 67.9 Å². The quantitative estimate of drug-likeness (QED) is 0.153. The van der Waals surface area contributed by atoms with E-state index in [1.54, 1.807) is 19.1 Å². The summed E-state index contributed by atoms with van der Waals surface area (Å²) >= 11 is 0. The molecule has 11 heteroatoms. The van der Waals surface area contributed by atoms with E-state index in [1.807, 2.05) is 6.92 Å². The van der Waals surface area contributed by atoms with Crippen molar-refractivity contribution in [1.29, 1.82) is 0 Å². The minimum Gasteiger partial charge on any atom is -0.505 e. The Labute approximate surface area is 199 Å². The summed E-state index contributed by atoms with van der Waals surface area (Å²) in [6.45, 7) is 3.93. The average Bonchev–Trinajstić information content (AvgIpc) is 3.23. The molecule has 0 saturated carbocycles. The Hall–Kier alpha value is -3.96. The third-order valence-electron chi connectivity index (χ3n) is 5.96. The third kappa shape index (κ3) is 4.68. The van der Waals surface area contributed by atoms with Crippen LogP contribution in [0.25, 0.3) is 0 Å². The zero-order chi connectivity index (χ0) is 25.3. The van der Waals surface area contributed by atoms with E-state index < -0.39 is 40.9 Å². The van der Waals surface area contributed by atoms with E-state index in [2.05, 4.69) is 16.0 Å². The monoisotopic (exact) mass is 483 g/mol. The maximum atomic E-state index is 12.5. The Balaban J connectivity index is 1.58. The molecule has 0 unspecified atom stereocenters. The van der Waals surface area contributed by atoms with Crippen LogP contribution < -0.4 is 26.8 Å². The number of aryl methyl sites for hydroxylation is 1. The summed E-state index contributed by atoms with van der Waals surface area (Å²) in [6.07, 6.45) is 0. The molecule has 2 heterocycles. The molecule has 4 rings (SSSR count). The number of rotatable bonds is 11. The number of nitrogens with one attached hydrogen (secondary N) is 3. The molecular weight excluding hydrogens is 458 g/mol. The number of benzene rings is 1. The van der Waals surface area contributed by atoms with Gasteiger partial charge in [-0.1, -0.05) is 13.0 Å². The van der Waals surface area contributed by atoms with Crippen LogP contribution in [0.4, 0.5) is 17.1 Å². The predicted octanol–water partition coefficient (Wildman–Crippen LogP) is 1.68. The van der Waals surface area contributed by atoms with Gasteiger partial charge in [-0.05, 0) is 31.2 Å². The number of anilines is 3. The van der Waals surface area contributed by atoms with Crippen molar-refractivity contribution in [2.75, 3.05) is 36.9 Å². The van der Waals surface area contributed by atoms with E-state index in [0.717, 1.165) is 0 Å². The molecule has 184 valence electrons. The molecule has 0 bridgehead atoms. The number of hydrogen-bond donors (Lipinski definition) is 5. The van der Waals surface area contributed by atoms with Crippen LogP contribution in [0.2, 0.25) is 0 Å². The lowest BCUT2D eigenvalue weighted by Crippen LogP contribution is -2.49. The second kappa shape index (κ2) is 9.35. The minimum absolute atomic E-state index is 0.0430. The Kier molecular flexibility index (Phi) is 6.46. The first-order valence-electron chi connectivity index (χ1n) is 10.9. The molecule has 5 N–H and O–H groups in total. The number of phenolic OH excluding ortho intramolecular Hbond substituents is 1. The van der Waals surface area contributed by atoms with Crippen molar-refractivity contribution in [3.8, 4) is 5.75 Å². The van der Waals surface area contributed by atoms with Gasteiger partial charge in [-0.3, -0.25) is 24.5 Å². The fraction of sp³-hybridized carbons (Fsp3) is 0.333. The third-order valence-corrected chi connectivity index (χ3v) is 5.96. The number of aliphatic carboxylic acids is 1. The molecule has 0 radical (unpaired) electrons. The predicted molar refractivity (Wildman–Crippen MR) is 126 cm³/mol. The van der Waals surface area contributed by atoms with Gasteiger partial charge in [-0.25, -0.2) is 0 Å². The number of furan rings is 1. The summed E-state index contributed by atoms with van der Waals surface area (Å²) in [5, 5.41) is 27.7. The fourth-order valence-electron chi connectivity index (χ4n) is 3.96. The van der Waals surface area contributed by atoms with E-state index in [-0.39, 0.29) is 34.6 Å². The second-order valence-corrected chi connectivity index (χ2v) is 8.83. The average molecular weight is 483 g/mol. The van der Waals surface area contributed by atoms with Crippen molar-refractivity contribution < 1.29 is 29.0 Å². The lowest BCUT2D eigenvalue weighted by Gasteiger charge is -2.44. The number of ketones is 1. The molecule has 0 aliphatic carbocycles. The van der Waals surface area contributed by atoms with Crippen molar-refractivity contribution in [1.82, 2.24) is 5.32 Å². The molecule has 11 nitrogen and oxygen atoms in total. The van der Waals surface area contributed by atoms with Crippen molar-refractivity contribution in [3.63, 3.8) is 0 Å². The fourth-order valence-corrected chi connectivity index (χ4v) is 3.96. The molecule has 0 amide bonds. The number of carbonyl (C=O) groups is 2. The molecular formula is C24H25N3O8. The largest absolute Gasteiger partial charge is 0.505 e. The number of carbonyl (C=O) groups excluding carboxylic acids is 1. The molecule has 1 saturated heterocycles. The summed E-state index contributed by atoms with van der Waals surface area (Å²) < 4.78 is 11.2. The number of phenols is 1. The van der Waals surface area contributed by atoms with Crippen LogP contribution in [0.5, 0.6) is 5.75 Å². The van der Waals surface area contributed by atoms with E-state index in [9.17, 15) is 24.3 Å². The maximum absolute atomic E-state index is 12.5. The second-order valence-electron chi connectivity index (χ2n) is 8.83. The first-order chi connectivity index (χ1) is 16.6.